The number of hydrogen-bond donors (Lipinski definition) is 3. The molecule has 1 rings (SSSR count). The third kappa shape index (κ3) is 5.82. The minimum Gasteiger partial charge on any atom is -0.355 e. The number of amides is 1. The van der Waals surface area contributed by atoms with Crippen molar-refractivity contribution < 1.29 is 13.2 Å². The molecule has 0 radical (unpaired) electrons. The van der Waals surface area contributed by atoms with Crippen LogP contribution in [0.1, 0.15) is 11.1 Å². The van der Waals surface area contributed by atoms with Crippen LogP contribution in [0.15, 0.2) is 24.3 Å². The van der Waals surface area contributed by atoms with E-state index in [1.165, 1.54) is 7.05 Å². The molecule has 0 fully saturated rings. The molecule has 0 saturated carbocycles. The molecule has 0 unspecified atom stereocenters. The van der Waals surface area contributed by atoms with Crippen molar-refractivity contribution in [3.05, 3.63) is 35.4 Å². The molecule has 0 saturated heterocycles. The molecule has 106 valence electrons. The average Bonchev–Trinajstić information content (AvgIpc) is 2.39. The molecule has 6 nitrogen and oxygen atoms in total. The fourth-order valence-electron chi connectivity index (χ4n) is 1.47. The van der Waals surface area contributed by atoms with Crippen molar-refractivity contribution in [1.29, 1.82) is 0 Å². The lowest BCUT2D eigenvalue weighted by Crippen LogP contribution is -2.33. The molecule has 0 aliphatic carbocycles. The molecule has 19 heavy (non-hydrogen) atoms. The summed E-state index contributed by atoms with van der Waals surface area (Å²) in [6, 6.07) is 7.42. The molecule has 0 aliphatic rings. The quantitative estimate of drug-likeness (QED) is 0.620. The third-order valence-corrected chi connectivity index (χ3v) is 3.99. The van der Waals surface area contributed by atoms with Gasteiger partial charge < -0.3 is 11.1 Å². The Morgan fingerprint density at radius 3 is 2.32 bits per heavy atom. The standard InChI is InChI=1S/C12H19N3O3S/c1-14-19(17,18)7-6-15-12(16)8-10-2-4-11(9-13)5-3-10/h2-5,14H,6-9,13H2,1H3,(H,15,16). The second kappa shape index (κ2) is 7.22. The summed E-state index contributed by atoms with van der Waals surface area (Å²) in [4.78, 5) is 11.6. The van der Waals surface area contributed by atoms with Crippen LogP contribution in [0, 0.1) is 0 Å². The molecule has 0 bridgehead atoms. The highest BCUT2D eigenvalue weighted by molar-refractivity contribution is 7.89. The maximum absolute atomic E-state index is 11.6. The Hall–Kier alpha value is -1.44. The molecule has 1 aromatic carbocycles. The number of nitrogens with one attached hydrogen (secondary N) is 2. The fraction of sp³-hybridized carbons (Fsp3) is 0.417. The Kier molecular flexibility index (Phi) is 5.94. The van der Waals surface area contributed by atoms with Gasteiger partial charge in [0.25, 0.3) is 0 Å². The van der Waals surface area contributed by atoms with Crippen LogP contribution in [-0.4, -0.2) is 33.7 Å². The third-order valence-electron chi connectivity index (χ3n) is 2.63. The molecular weight excluding hydrogens is 266 g/mol. The van der Waals surface area contributed by atoms with Crippen LogP contribution in [0.4, 0.5) is 0 Å². The van der Waals surface area contributed by atoms with Gasteiger partial charge in [0.05, 0.1) is 12.2 Å². The van der Waals surface area contributed by atoms with Crippen molar-refractivity contribution in [1.82, 2.24) is 10.0 Å². The molecule has 0 spiro atoms. The summed E-state index contributed by atoms with van der Waals surface area (Å²) in [5.41, 5.74) is 7.35. The van der Waals surface area contributed by atoms with E-state index in [1.807, 2.05) is 24.3 Å². The number of nitrogens with two attached hydrogens (primary N) is 1. The minimum absolute atomic E-state index is 0.100. The predicted octanol–water partition coefficient (Wildman–Crippen LogP) is -0.647. The number of carbonyl (C=O) groups excluding carboxylic acids is 1. The summed E-state index contributed by atoms with van der Waals surface area (Å²) in [6.45, 7) is 0.567. The summed E-state index contributed by atoms with van der Waals surface area (Å²) < 4.78 is 24.5. The molecule has 1 amide bonds. The van der Waals surface area contributed by atoms with Crippen molar-refractivity contribution in [3.8, 4) is 0 Å². The maximum Gasteiger partial charge on any atom is 0.224 e. The van der Waals surface area contributed by atoms with Gasteiger partial charge in [0.15, 0.2) is 0 Å². The van der Waals surface area contributed by atoms with E-state index in [1.54, 1.807) is 0 Å². The largest absolute Gasteiger partial charge is 0.355 e. The Balaban J connectivity index is 2.38. The van der Waals surface area contributed by atoms with Gasteiger partial charge >= 0.3 is 0 Å². The monoisotopic (exact) mass is 285 g/mol. The first-order chi connectivity index (χ1) is 8.96. The highest BCUT2D eigenvalue weighted by Gasteiger charge is 2.08. The number of rotatable bonds is 7. The average molecular weight is 285 g/mol. The molecule has 4 N–H and O–H groups in total. The van der Waals surface area contributed by atoms with Crippen molar-refractivity contribution in [2.75, 3.05) is 19.3 Å². The summed E-state index contributed by atoms with van der Waals surface area (Å²) in [5, 5.41) is 2.57. The molecule has 0 atom stereocenters. The zero-order chi connectivity index (χ0) is 14.3. The summed E-state index contributed by atoms with van der Waals surface area (Å²) in [5.74, 6) is -0.326. The Bertz CT molecular complexity index is 512. The molecule has 1 aromatic rings. The van der Waals surface area contributed by atoms with E-state index < -0.39 is 10.0 Å². The van der Waals surface area contributed by atoms with Gasteiger partial charge in [0.2, 0.25) is 15.9 Å². The lowest BCUT2D eigenvalue weighted by Gasteiger charge is -2.06. The highest BCUT2D eigenvalue weighted by atomic mass is 32.2. The SMILES string of the molecule is CNS(=O)(=O)CCNC(=O)Cc1ccc(CN)cc1. The normalized spacial score (nSPS) is 11.3. The van der Waals surface area contributed by atoms with Crippen molar-refractivity contribution in [2.24, 2.45) is 5.73 Å². The van der Waals surface area contributed by atoms with Crippen molar-refractivity contribution in [2.45, 2.75) is 13.0 Å². The lowest BCUT2D eigenvalue weighted by atomic mass is 10.1. The molecule has 0 heterocycles. The smallest absolute Gasteiger partial charge is 0.224 e. The molecule has 0 aliphatic heterocycles. The van der Waals surface area contributed by atoms with Gasteiger partial charge in [-0.2, -0.15) is 0 Å². The Morgan fingerprint density at radius 2 is 1.79 bits per heavy atom. The van der Waals surface area contributed by atoms with Gasteiger partial charge in [0, 0.05) is 13.1 Å². The highest BCUT2D eigenvalue weighted by Crippen LogP contribution is 2.04. The van der Waals surface area contributed by atoms with Crippen molar-refractivity contribution in [3.63, 3.8) is 0 Å². The number of hydrogen-bond acceptors (Lipinski definition) is 4. The van der Waals surface area contributed by atoms with E-state index in [4.69, 9.17) is 5.73 Å². The van der Waals surface area contributed by atoms with Crippen molar-refractivity contribution >= 4 is 15.9 Å². The first-order valence-electron chi connectivity index (χ1n) is 5.92. The van der Waals surface area contributed by atoms with Crippen LogP contribution in [0.3, 0.4) is 0 Å². The van der Waals surface area contributed by atoms with E-state index in [-0.39, 0.29) is 24.6 Å². The van der Waals surface area contributed by atoms with Crippen LogP contribution in [-0.2, 0) is 27.8 Å². The van der Waals surface area contributed by atoms with Gasteiger partial charge in [0.1, 0.15) is 0 Å². The summed E-state index contributed by atoms with van der Waals surface area (Å²) in [6.07, 6.45) is 0.227. The van der Waals surface area contributed by atoms with E-state index >= 15 is 0 Å². The zero-order valence-electron chi connectivity index (χ0n) is 10.8. The van der Waals surface area contributed by atoms with E-state index in [0.29, 0.717) is 6.54 Å². The number of sulfonamides is 1. The van der Waals surface area contributed by atoms with Gasteiger partial charge in [-0.05, 0) is 18.2 Å². The van der Waals surface area contributed by atoms with Gasteiger partial charge in [-0.3, -0.25) is 4.79 Å². The maximum atomic E-state index is 11.6. The predicted molar refractivity (Wildman–Crippen MR) is 73.9 cm³/mol. The first kappa shape index (κ1) is 15.6. The molecular formula is C12H19N3O3S. The minimum atomic E-state index is -3.28. The summed E-state index contributed by atoms with van der Waals surface area (Å²) in [7, 11) is -1.93. The molecule has 7 heteroatoms. The second-order valence-corrected chi connectivity index (χ2v) is 6.12. The van der Waals surface area contributed by atoms with Crippen LogP contribution >= 0.6 is 0 Å². The van der Waals surface area contributed by atoms with Gasteiger partial charge in [-0.15, -0.1) is 0 Å². The van der Waals surface area contributed by atoms with Gasteiger partial charge in [-0.1, -0.05) is 24.3 Å². The first-order valence-corrected chi connectivity index (χ1v) is 7.58. The van der Waals surface area contributed by atoms with E-state index in [2.05, 4.69) is 10.0 Å². The number of carbonyl (C=O) groups is 1. The van der Waals surface area contributed by atoms with Crippen LogP contribution < -0.4 is 15.8 Å². The zero-order valence-corrected chi connectivity index (χ0v) is 11.7. The van der Waals surface area contributed by atoms with Crippen LogP contribution in [0.2, 0.25) is 0 Å². The van der Waals surface area contributed by atoms with E-state index in [9.17, 15) is 13.2 Å². The number of benzene rings is 1. The topological polar surface area (TPSA) is 101 Å². The lowest BCUT2D eigenvalue weighted by molar-refractivity contribution is -0.120. The Labute approximate surface area is 113 Å². The van der Waals surface area contributed by atoms with Gasteiger partial charge in [-0.25, -0.2) is 13.1 Å². The summed E-state index contributed by atoms with van der Waals surface area (Å²) >= 11 is 0. The molecule has 0 aromatic heterocycles. The van der Waals surface area contributed by atoms with Crippen LogP contribution in [0.5, 0.6) is 0 Å². The fourth-order valence-corrected chi connectivity index (χ4v) is 2.04. The Morgan fingerprint density at radius 1 is 1.21 bits per heavy atom. The second-order valence-electron chi connectivity index (χ2n) is 4.07. The van der Waals surface area contributed by atoms with Crippen LogP contribution in [0.25, 0.3) is 0 Å². The van der Waals surface area contributed by atoms with E-state index in [0.717, 1.165) is 11.1 Å².